The highest BCUT2D eigenvalue weighted by Crippen LogP contribution is 2.23. The smallest absolute Gasteiger partial charge is 0.232 e. The average molecular weight is 479 g/mol. The fraction of sp³-hybridized carbons (Fsp3) is 0.185. The van der Waals surface area contributed by atoms with E-state index in [1.165, 1.54) is 17.6 Å². The molecule has 0 bridgehead atoms. The number of nitrogens with one attached hydrogen (secondary N) is 2. The maximum Gasteiger partial charge on any atom is 0.232 e. The standard InChI is InChI=1S/C27H26N8O/c1-2-4-20(5-3-1)18-35-25-11-8-23(16-21(25)17-30-35)32-27-29-19-28-26(33-27)31-22-6-9-24(10-7-22)34-12-14-36-15-13-34/h1-11,16-17,19H,12-15,18H2,(H2,28,29,31,32,33). The van der Waals surface area contributed by atoms with E-state index in [4.69, 9.17) is 4.74 Å². The van der Waals surface area contributed by atoms with Crippen LogP contribution in [0.3, 0.4) is 0 Å². The predicted octanol–water partition coefficient (Wildman–Crippen LogP) is 4.59. The summed E-state index contributed by atoms with van der Waals surface area (Å²) < 4.78 is 7.44. The van der Waals surface area contributed by atoms with E-state index in [0.29, 0.717) is 11.9 Å². The number of rotatable bonds is 7. The number of aromatic nitrogens is 5. The van der Waals surface area contributed by atoms with E-state index in [1.807, 2.05) is 53.3 Å². The highest BCUT2D eigenvalue weighted by molar-refractivity contribution is 5.83. The zero-order valence-corrected chi connectivity index (χ0v) is 19.7. The van der Waals surface area contributed by atoms with Crippen molar-refractivity contribution in [1.82, 2.24) is 24.7 Å². The highest BCUT2D eigenvalue weighted by Gasteiger charge is 2.11. The number of hydrogen-bond acceptors (Lipinski definition) is 8. The lowest BCUT2D eigenvalue weighted by atomic mass is 10.2. The number of benzene rings is 3. The van der Waals surface area contributed by atoms with Crippen LogP contribution in [0, 0.1) is 0 Å². The summed E-state index contributed by atoms with van der Waals surface area (Å²) in [7, 11) is 0. The summed E-state index contributed by atoms with van der Waals surface area (Å²) in [5.41, 5.74) is 5.27. The molecule has 6 rings (SSSR count). The first-order valence-electron chi connectivity index (χ1n) is 12.0. The van der Waals surface area contributed by atoms with E-state index >= 15 is 0 Å². The van der Waals surface area contributed by atoms with Gasteiger partial charge < -0.3 is 20.3 Å². The first kappa shape index (κ1) is 22.0. The minimum Gasteiger partial charge on any atom is -0.378 e. The lowest BCUT2D eigenvalue weighted by Crippen LogP contribution is -2.36. The molecule has 2 aromatic heterocycles. The fourth-order valence-corrected chi connectivity index (χ4v) is 4.30. The van der Waals surface area contributed by atoms with Crippen molar-refractivity contribution in [2.75, 3.05) is 41.8 Å². The molecular formula is C27H26N8O. The SMILES string of the molecule is c1ccc(Cn2ncc3cc(Nc4ncnc(Nc5ccc(N6CCOCC6)cc5)n4)ccc32)cc1. The number of anilines is 5. The molecular weight excluding hydrogens is 452 g/mol. The second-order valence-corrected chi connectivity index (χ2v) is 8.59. The molecule has 0 atom stereocenters. The Hall–Kier alpha value is -4.50. The molecule has 1 aliphatic rings. The Kier molecular flexibility index (Phi) is 6.11. The summed E-state index contributed by atoms with van der Waals surface area (Å²) in [6.07, 6.45) is 3.38. The first-order valence-corrected chi connectivity index (χ1v) is 12.0. The van der Waals surface area contributed by atoms with Crippen molar-refractivity contribution in [3.63, 3.8) is 0 Å². The Labute approximate surface area is 208 Å². The minimum atomic E-state index is 0.466. The molecule has 2 N–H and O–H groups in total. The largest absolute Gasteiger partial charge is 0.378 e. The third-order valence-corrected chi connectivity index (χ3v) is 6.14. The molecule has 3 heterocycles. The van der Waals surface area contributed by atoms with Crippen LogP contribution in [0.15, 0.2) is 85.3 Å². The predicted molar refractivity (Wildman–Crippen MR) is 141 cm³/mol. The Balaban J connectivity index is 1.13. The lowest BCUT2D eigenvalue weighted by molar-refractivity contribution is 0.122. The molecule has 0 saturated carbocycles. The number of fused-ring (bicyclic) bond motifs is 1. The molecule has 0 unspecified atom stereocenters. The molecule has 0 radical (unpaired) electrons. The number of morpholine rings is 1. The van der Waals surface area contributed by atoms with Crippen LogP contribution < -0.4 is 15.5 Å². The molecule has 1 fully saturated rings. The fourth-order valence-electron chi connectivity index (χ4n) is 4.30. The van der Waals surface area contributed by atoms with Gasteiger partial charge in [0.2, 0.25) is 11.9 Å². The van der Waals surface area contributed by atoms with Crippen molar-refractivity contribution in [1.29, 1.82) is 0 Å². The van der Waals surface area contributed by atoms with Crippen LogP contribution in [-0.4, -0.2) is 51.0 Å². The van der Waals surface area contributed by atoms with Crippen molar-refractivity contribution in [2.24, 2.45) is 0 Å². The third-order valence-electron chi connectivity index (χ3n) is 6.14. The summed E-state index contributed by atoms with van der Waals surface area (Å²) in [5, 5.41) is 12.1. The lowest BCUT2D eigenvalue weighted by Gasteiger charge is -2.28. The van der Waals surface area contributed by atoms with Crippen LogP contribution in [0.1, 0.15) is 5.56 Å². The Morgan fingerprint density at radius 1 is 0.806 bits per heavy atom. The molecule has 3 aromatic carbocycles. The van der Waals surface area contributed by atoms with Crippen LogP contribution in [0.5, 0.6) is 0 Å². The van der Waals surface area contributed by atoms with Crippen molar-refractivity contribution >= 4 is 39.9 Å². The van der Waals surface area contributed by atoms with Gasteiger partial charge in [0.25, 0.3) is 0 Å². The van der Waals surface area contributed by atoms with Gasteiger partial charge in [-0.1, -0.05) is 30.3 Å². The molecule has 36 heavy (non-hydrogen) atoms. The van der Waals surface area contributed by atoms with E-state index in [-0.39, 0.29) is 0 Å². The molecule has 1 saturated heterocycles. The second kappa shape index (κ2) is 10.0. The minimum absolute atomic E-state index is 0.466. The Bertz CT molecular complexity index is 1450. The molecule has 5 aromatic rings. The van der Waals surface area contributed by atoms with Gasteiger partial charge in [-0.05, 0) is 48.0 Å². The van der Waals surface area contributed by atoms with Gasteiger partial charge in [0.15, 0.2) is 0 Å². The molecule has 0 amide bonds. The van der Waals surface area contributed by atoms with Gasteiger partial charge in [-0.3, -0.25) is 4.68 Å². The average Bonchev–Trinajstić information content (AvgIpc) is 3.32. The van der Waals surface area contributed by atoms with Crippen molar-refractivity contribution in [2.45, 2.75) is 6.54 Å². The van der Waals surface area contributed by atoms with Gasteiger partial charge in [-0.2, -0.15) is 10.1 Å². The molecule has 0 aliphatic carbocycles. The van der Waals surface area contributed by atoms with Gasteiger partial charge >= 0.3 is 0 Å². The van der Waals surface area contributed by atoms with Crippen molar-refractivity contribution in [3.05, 3.63) is 90.9 Å². The van der Waals surface area contributed by atoms with Crippen LogP contribution in [0.25, 0.3) is 10.9 Å². The van der Waals surface area contributed by atoms with E-state index in [9.17, 15) is 0 Å². The molecule has 9 heteroatoms. The Morgan fingerprint density at radius 3 is 2.31 bits per heavy atom. The summed E-state index contributed by atoms with van der Waals surface area (Å²) in [5.74, 6) is 0.942. The maximum atomic E-state index is 5.44. The molecule has 180 valence electrons. The topological polar surface area (TPSA) is 93.0 Å². The second-order valence-electron chi connectivity index (χ2n) is 8.59. The maximum absolute atomic E-state index is 5.44. The normalized spacial score (nSPS) is 13.6. The van der Waals surface area contributed by atoms with Crippen molar-refractivity contribution < 1.29 is 4.74 Å². The van der Waals surface area contributed by atoms with Gasteiger partial charge in [-0.25, -0.2) is 9.97 Å². The van der Waals surface area contributed by atoms with Gasteiger partial charge in [0.05, 0.1) is 31.5 Å². The zero-order chi connectivity index (χ0) is 24.2. The van der Waals surface area contributed by atoms with E-state index in [2.05, 4.69) is 65.9 Å². The van der Waals surface area contributed by atoms with Crippen LogP contribution >= 0.6 is 0 Å². The monoisotopic (exact) mass is 478 g/mol. The van der Waals surface area contributed by atoms with E-state index < -0.39 is 0 Å². The summed E-state index contributed by atoms with van der Waals surface area (Å²) in [4.78, 5) is 15.4. The third kappa shape index (κ3) is 4.96. The van der Waals surface area contributed by atoms with Crippen molar-refractivity contribution in [3.8, 4) is 0 Å². The molecule has 1 aliphatic heterocycles. The Morgan fingerprint density at radius 2 is 1.53 bits per heavy atom. The van der Waals surface area contributed by atoms with Crippen LogP contribution in [-0.2, 0) is 11.3 Å². The van der Waals surface area contributed by atoms with Gasteiger partial charge in [-0.15, -0.1) is 0 Å². The molecule has 9 nitrogen and oxygen atoms in total. The molecule has 0 spiro atoms. The number of ether oxygens (including phenoxy) is 1. The van der Waals surface area contributed by atoms with E-state index in [1.54, 1.807) is 0 Å². The number of nitrogens with zero attached hydrogens (tertiary/aromatic N) is 6. The van der Waals surface area contributed by atoms with Gasteiger partial charge in [0.1, 0.15) is 6.33 Å². The van der Waals surface area contributed by atoms with Crippen LogP contribution in [0.2, 0.25) is 0 Å². The summed E-state index contributed by atoms with van der Waals surface area (Å²) in [6.45, 7) is 4.09. The quantitative estimate of drug-likeness (QED) is 0.351. The number of hydrogen-bond donors (Lipinski definition) is 2. The van der Waals surface area contributed by atoms with E-state index in [0.717, 1.165) is 55.1 Å². The first-order chi connectivity index (χ1) is 17.8. The zero-order valence-electron chi connectivity index (χ0n) is 19.7. The van der Waals surface area contributed by atoms with Gasteiger partial charge in [0, 0.05) is 35.5 Å². The summed E-state index contributed by atoms with van der Waals surface area (Å²) in [6, 6.07) is 24.7. The summed E-state index contributed by atoms with van der Waals surface area (Å²) >= 11 is 0. The highest BCUT2D eigenvalue weighted by atomic mass is 16.5. The van der Waals surface area contributed by atoms with Crippen LogP contribution in [0.4, 0.5) is 29.0 Å².